The Morgan fingerprint density at radius 1 is 0.815 bits per heavy atom. The summed E-state index contributed by atoms with van der Waals surface area (Å²) >= 11 is 0. The number of phosphoric ester groups is 1. The molecular formula is C22H33O4P. The highest BCUT2D eigenvalue weighted by Crippen LogP contribution is 2.45. The molecule has 0 saturated carbocycles. The lowest BCUT2D eigenvalue weighted by Gasteiger charge is -2.14. The molecule has 5 heteroatoms. The molecule has 4 nitrogen and oxygen atoms in total. The minimum atomic E-state index is -4.10. The summed E-state index contributed by atoms with van der Waals surface area (Å²) in [5, 5.41) is 1.77. The van der Waals surface area contributed by atoms with Gasteiger partial charge >= 0.3 is 7.82 Å². The zero-order chi connectivity index (χ0) is 19.4. The third-order valence-electron chi connectivity index (χ3n) is 4.72. The van der Waals surface area contributed by atoms with E-state index in [2.05, 4.69) is 6.92 Å². The second-order valence-corrected chi connectivity index (χ2v) is 8.43. The molecule has 1 unspecified atom stereocenters. The smallest absolute Gasteiger partial charge is 0.403 e. The van der Waals surface area contributed by atoms with Gasteiger partial charge in [0.15, 0.2) is 0 Å². The molecule has 2 rings (SSSR count). The van der Waals surface area contributed by atoms with Gasteiger partial charge in [-0.1, -0.05) is 101 Å². The van der Waals surface area contributed by atoms with Crippen molar-refractivity contribution in [1.29, 1.82) is 0 Å². The van der Waals surface area contributed by atoms with Crippen LogP contribution in [0.5, 0.6) is 5.75 Å². The zero-order valence-corrected chi connectivity index (χ0v) is 17.3. The maximum Gasteiger partial charge on any atom is 0.527 e. The molecule has 27 heavy (non-hydrogen) atoms. The molecule has 2 aromatic carbocycles. The highest BCUT2D eigenvalue weighted by Gasteiger charge is 2.23. The predicted octanol–water partition coefficient (Wildman–Crippen LogP) is 7.26. The molecule has 0 spiro atoms. The van der Waals surface area contributed by atoms with Gasteiger partial charge in [0, 0.05) is 5.39 Å². The Labute approximate surface area is 163 Å². The van der Waals surface area contributed by atoms with Crippen LogP contribution in [0.15, 0.2) is 42.5 Å². The first-order chi connectivity index (χ1) is 13.1. The highest BCUT2D eigenvalue weighted by molar-refractivity contribution is 7.47. The maximum absolute atomic E-state index is 12.2. The van der Waals surface area contributed by atoms with Gasteiger partial charge in [0.05, 0.1) is 6.61 Å². The van der Waals surface area contributed by atoms with Crippen molar-refractivity contribution in [2.24, 2.45) is 0 Å². The van der Waals surface area contributed by atoms with E-state index in [-0.39, 0.29) is 6.61 Å². The first-order valence-electron chi connectivity index (χ1n) is 10.3. The van der Waals surface area contributed by atoms with Gasteiger partial charge in [-0.2, -0.15) is 0 Å². The lowest BCUT2D eigenvalue weighted by Crippen LogP contribution is -1.99. The molecule has 0 bridgehead atoms. The van der Waals surface area contributed by atoms with E-state index in [1.54, 1.807) is 12.1 Å². The van der Waals surface area contributed by atoms with Crippen LogP contribution in [-0.4, -0.2) is 11.5 Å². The van der Waals surface area contributed by atoms with E-state index >= 15 is 0 Å². The number of rotatable bonds is 14. The van der Waals surface area contributed by atoms with E-state index in [1.807, 2.05) is 30.3 Å². The van der Waals surface area contributed by atoms with Crippen molar-refractivity contribution in [2.75, 3.05) is 6.61 Å². The lowest BCUT2D eigenvalue weighted by atomic mass is 10.1. The van der Waals surface area contributed by atoms with Gasteiger partial charge in [-0.3, -0.25) is 9.42 Å². The van der Waals surface area contributed by atoms with E-state index < -0.39 is 7.82 Å². The number of hydrogen-bond acceptors (Lipinski definition) is 3. The van der Waals surface area contributed by atoms with Crippen molar-refractivity contribution >= 4 is 18.6 Å². The first kappa shape index (κ1) is 21.9. The summed E-state index contributed by atoms with van der Waals surface area (Å²) in [6, 6.07) is 13.0. The van der Waals surface area contributed by atoms with Crippen LogP contribution in [0.3, 0.4) is 0 Å². The fourth-order valence-corrected chi connectivity index (χ4v) is 4.02. The summed E-state index contributed by atoms with van der Waals surface area (Å²) in [4.78, 5) is 9.98. The third-order valence-corrected chi connectivity index (χ3v) is 5.65. The van der Waals surface area contributed by atoms with Crippen molar-refractivity contribution in [2.45, 2.75) is 71.1 Å². The van der Waals surface area contributed by atoms with Crippen molar-refractivity contribution in [3.63, 3.8) is 0 Å². The SMILES string of the molecule is CCCCCCCCCCCCOP(=O)(O)Oc1cccc2ccccc12. The fourth-order valence-electron chi connectivity index (χ4n) is 3.20. The van der Waals surface area contributed by atoms with Crippen molar-refractivity contribution in [3.05, 3.63) is 42.5 Å². The number of phosphoric acid groups is 1. The highest BCUT2D eigenvalue weighted by atomic mass is 31.2. The lowest BCUT2D eigenvalue weighted by molar-refractivity contribution is 0.200. The number of hydrogen-bond donors (Lipinski definition) is 1. The molecule has 0 saturated heterocycles. The second kappa shape index (κ2) is 12.2. The minimum absolute atomic E-state index is 0.245. The van der Waals surface area contributed by atoms with Crippen LogP contribution in [0, 0.1) is 0 Å². The largest absolute Gasteiger partial charge is 0.527 e. The molecule has 150 valence electrons. The molecule has 0 aliphatic carbocycles. The van der Waals surface area contributed by atoms with E-state index in [1.165, 1.54) is 44.9 Å². The molecule has 0 fully saturated rings. The molecule has 1 N–H and O–H groups in total. The molecule has 1 atom stereocenters. The first-order valence-corrected chi connectivity index (χ1v) is 11.8. The van der Waals surface area contributed by atoms with E-state index in [4.69, 9.17) is 9.05 Å². The van der Waals surface area contributed by atoms with Gasteiger partial charge in [0.2, 0.25) is 0 Å². The fraction of sp³-hybridized carbons (Fsp3) is 0.545. The summed E-state index contributed by atoms with van der Waals surface area (Å²) < 4.78 is 22.6. The van der Waals surface area contributed by atoms with Crippen molar-refractivity contribution < 1.29 is 18.5 Å². The molecule has 0 heterocycles. The Bertz CT molecular complexity index is 711. The van der Waals surface area contributed by atoms with Crippen LogP contribution in [0.4, 0.5) is 0 Å². The number of benzene rings is 2. The average molecular weight is 392 g/mol. The Balaban J connectivity index is 1.62. The van der Waals surface area contributed by atoms with E-state index in [0.29, 0.717) is 5.75 Å². The molecule has 0 aliphatic rings. The standard InChI is InChI=1S/C22H33O4P/c1-2-3-4-5-6-7-8-9-10-13-19-25-27(23,24)26-22-18-14-16-20-15-11-12-17-21(20)22/h11-12,14-18H,2-10,13,19H2,1H3,(H,23,24). The number of fused-ring (bicyclic) bond motifs is 1. The van der Waals surface area contributed by atoms with Crippen molar-refractivity contribution in [1.82, 2.24) is 0 Å². The summed E-state index contributed by atoms with van der Waals surface area (Å²) in [6.07, 6.45) is 12.1. The molecule has 0 amide bonds. The van der Waals surface area contributed by atoms with Gasteiger partial charge in [0.25, 0.3) is 0 Å². The van der Waals surface area contributed by atoms with Gasteiger partial charge < -0.3 is 4.52 Å². The Morgan fingerprint density at radius 2 is 1.41 bits per heavy atom. The predicted molar refractivity (Wildman–Crippen MR) is 112 cm³/mol. The molecule has 0 aromatic heterocycles. The van der Waals surface area contributed by atoms with Crippen LogP contribution in [-0.2, 0) is 9.09 Å². The van der Waals surface area contributed by atoms with E-state index in [9.17, 15) is 9.46 Å². The average Bonchev–Trinajstić information content (AvgIpc) is 2.66. The van der Waals surface area contributed by atoms with Gasteiger partial charge in [-0.15, -0.1) is 0 Å². The van der Waals surface area contributed by atoms with Crippen molar-refractivity contribution in [3.8, 4) is 5.75 Å². The third kappa shape index (κ3) is 8.47. The normalized spacial score (nSPS) is 13.6. The molecule has 0 aliphatic heterocycles. The molecule has 2 aromatic rings. The number of unbranched alkanes of at least 4 members (excludes halogenated alkanes) is 9. The Morgan fingerprint density at radius 3 is 2.11 bits per heavy atom. The van der Waals surface area contributed by atoms with E-state index in [0.717, 1.165) is 30.0 Å². The van der Waals surface area contributed by atoms with Crippen LogP contribution >= 0.6 is 7.82 Å². The zero-order valence-electron chi connectivity index (χ0n) is 16.4. The van der Waals surface area contributed by atoms with Crippen LogP contribution in [0.2, 0.25) is 0 Å². The summed E-state index contributed by atoms with van der Waals surface area (Å²) in [5.74, 6) is 0.377. The Kier molecular flexibility index (Phi) is 9.90. The summed E-state index contributed by atoms with van der Waals surface area (Å²) in [5.41, 5.74) is 0. The minimum Gasteiger partial charge on any atom is -0.403 e. The quantitative estimate of drug-likeness (QED) is 0.272. The summed E-state index contributed by atoms with van der Waals surface area (Å²) in [6.45, 7) is 2.48. The van der Waals surface area contributed by atoms with Crippen LogP contribution in [0.25, 0.3) is 10.8 Å². The van der Waals surface area contributed by atoms with Crippen LogP contribution in [0.1, 0.15) is 71.1 Å². The van der Waals surface area contributed by atoms with Gasteiger partial charge in [-0.05, 0) is 17.9 Å². The summed E-state index contributed by atoms with van der Waals surface area (Å²) in [7, 11) is -4.10. The monoisotopic (exact) mass is 392 g/mol. The Hall–Kier alpha value is -1.35. The topological polar surface area (TPSA) is 55.8 Å². The second-order valence-electron chi connectivity index (χ2n) is 7.05. The molecular weight excluding hydrogens is 359 g/mol. The molecule has 0 radical (unpaired) electrons. The van der Waals surface area contributed by atoms with Gasteiger partial charge in [0.1, 0.15) is 5.75 Å². The van der Waals surface area contributed by atoms with Crippen LogP contribution < -0.4 is 4.52 Å². The maximum atomic E-state index is 12.2. The van der Waals surface area contributed by atoms with Gasteiger partial charge in [-0.25, -0.2) is 4.57 Å².